The molecule has 18 heavy (non-hydrogen) atoms. The van der Waals surface area contributed by atoms with E-state index in [0.29, 0.717) is 6.54 Å². The SMILES string of the molecule is O=[N+]([O-])c1ccc(CNCCOCC(F)(F)F)s1. The number of alkyl halides is 3. The molecule has 0 fully saturated rings. The van der Waals surface area contributed by atoms with E-state index in [9.17, 15) is 23.3 Å². The highest BCUT2D eigenvalue weighted by Gasteiger charge is 2.27. The minimum atomic E-state index is -4.31. The predicted molar refractivity (Wildman–Crippen MR) is 59.6 cm³/mol. The molecule has 0 aromatic carbocycles. The number of ether oxygens (including phenoxy) is 1. The first-order valence-electron chi connectivity index (χ1n) is 4.97. The van der Waals surface area contributed by atoms with Gasteiger partial charge in [0, 0.05) is 24.0 Å². The second kappa shape index (κ2) is 6.66. The van der Waals surface area contributed by atoms with Gasteiger partial charge in [-0.15, -0.1) is 0 Å². The monoisotopic (exact) mass is 284 g/mol. The first-order chi connectivity index (χ1) is 8.38. The molecule has 0 saturated carbocycles. The zero-order chi connectivity index (χ0) is 13.6. The molecule has 0 atom stereocenters. The fraction of sp³-hybridized carbons (Fsp3) is 0.556. The molecule has 0 amide bonds. The third-order valence-corrected chi connectivity index (χ3v) is 2.85. The van der Waals surface area contributed by atoms with Crippen molar-refractivity contribution in [3.05, 3.63) is 27.1 Å². The summed E-state index contributed by atoms with van der Waals surface area (Å²) in [5.41, 5.74) is 0. The zero-order valence-corrected chi connectivity index (χ0v) is 10.0. The summed E-state index contributed by atoms with van der Waals surface area (Å²) in [5.74, 6) is 0. The molecule has 0 bridgehead atoms. The number of hydrogen-bond donors (Lipinski definition) is 1. The van der Waals surface area contributed by atoms with Crippen LogP contribution in [-0.4, -0.2) is 30.9 Å². The minimum Gasteiger partial charge on any atom is -0.371 e. The van der Waals surface area contributed by atoms with Crippen molar-refractivity contribution in [1.82, 2.24) is 5.32 Å². The van der Waals surface area contributed by atoms with Crippen molar-refractivity contribution >= 4 is 16.3 Å². The number of nitro groups is 1. The van der Waals surface area contributed by atoms with Crippen LogP contribution in [0.3, 0.4) is 0 Å². The lowest BCUT2D eigenvalue weighted by atomic mass is 10.4. The van der Waals surface area contributed by atoms with Gasteiger partial charge < -0.3 is 10.1 Å². The van der Waals surface area contributed by atoms with E-state index in [2.05, 4.69) is 10.1 Å². The molecule has 9 heteroatoms. The fourth-order valence-corrected chi connectivity index (χ4v) is 1.89. The van der Waals surface area contributed by atoms with Crippen LogP contribution in [0.4, 0.5) is 18.2 Å². The minimum absolute atomic E-state index is 0.0418. The Morgan fingerprint density at radius 2 is 2.17 bits per heavy atom. The van der Waals surface area contributed by atoms with Crippen LogP contribution >= 0.6 is 11.3 Å². The summed E-state index contributed by atoms with van der Waals surface area (Å²) in [6.07, 6.45) is -4.31. The maximum absolute atomic E-state index is 11.7. The highest BCUT2D eigenvalue weighted by Crippen LogP contribution is 2.23. The smallest absolute Gasteiger partial charge is 0.371 e. The van der Waals surface area contributed by atoms with Gasteiger partial charge in [-0.25, -0.2) is 0 Å². The molecule has 5 nitrogen and oxygen atoms in total. The molecular weight excluding hydrogens is 273 g/mol. The summed E-state index contributed by atoms with van der Waals surface area (Å²) in [5, 5.41) is 13.3. The lowest BCUT2D eigenvalue weighted by Gasteiger charge is -2.07. The highest BCUT2D eigenvalue weighted by atomic mass is 32.1. The van der Waals surface area contributed by atoms with Gasteiger partial charge in [0.05, 0.1) is 11.5 Å². The predicted octanol–water partition coefficient (Wildman–Crippen LogP) is 2.32. The summed E-state index contributed by atoms with van der Waals surface area (Å²) in [6, 6.07) is 2.99. The fourth-order valence-electron chi connectivity index (χ4n) is 1.10. The Balaban J connectivity index is 2.12. The molecule has 0 spiro atoms. The maximum atomic E-state index is 11.7. The molecule has 0 aliphatic rings. The van der Waals surface area contributed by atoms with Crippen molar-refractivity contribution in [3.63, 3.8) is 0 Å². The van der Waals surface area contributed by atoms with E-state index in [-0.39, 0.29) is 18.2 Å². The second-order valence-corrected chi connectivity index (χ2v) is 4.49. The second-order valence-electron chi connectivity index (χ2n) is 3.34. The Labute approximate surface area is 105 Å². The van der Waals surface area contributed by atoms with E-state index >= 15 is 0 Å². The van der Waals surface area contributed by atoms with Crippen molar-refractivity contribution in [1.29, 1.82) is 0 Å². The summed E-state index contributed by atoms with van der Waals surface area (Å²) in [6.45, 7) is -0.707. The van der Waals surface area contributed by atoms with Crippen LogP contribution in [0.1, 0.15) is 4.88 Å². The molecule has 1 aromatic rings. The zero-order valence-electron chi connectivity index (χ0n) is 9.20. The van der Waals surface area contributed by atoms with Crippen molar-refractivity contribution in [2.75, 3.05) is 19.8 Å². The average molecular weight is 284 g/mol. The number of thiophene rings is 1. The van der Waals surface area contributed by atoms with Gasteiger partial charge in [-0.1, -0.05) is 11.3 Å². The molecule has 0 aliphatic carbocycles. The molecule has 102 valence electrons. The van der Waals surface area contributed by atoms with E-state index < -0.39 is 17.7 Å². The first-order valence-corrected chi connectivity index (χ1v) is 5.78. The summed E-state index contributed by atoms with van der Waals surface area (Å²) in [4.78, 5) is 10.7. The van der Waals surface area contributed by atoms with E-state index in [0.717, 1.165) is 16.2 Å². The van der Waals surface area contributed by atoms with Crippen LogP contribution in [0.15, 0.2) is 12.1 Å². The van der Waals surface area contributed by atoms with Crippen LogP contribution in [0.25, 0.3) is 0 Å². The average Bonchev–Trinajstić information content (AvgIpc) is 2.70. The number of nitrogens with one attached hydrogen (secondary N) is 1. The molecular formula is C9H11F3N2O3S. The van der Waals surface area contributed by atoms with Crippen LogP contribution in [0.2, 0.25) is 0 Å². The topological polar surface area (TPSA) is 64.4 Å². The van der Waals surface area contributed by atoms with Gasteiger partial charge in [0.1, 0.15) is 6.61 Å². The third kappa shape index (κ3) is 5.94. The van der Waals surface area contributed by atoms with Gasteiger partial charge >= 0.3 is 11.2 Å². The highest BCUT2D eigenvalue weighted by molar-refractivity contribution is 7.15. The lowest BCUT2D eigenvalue weighted by molar-refractivity contribution is -0.380. The standard InChI is InChI=1S/C9H11F3N2O3S/c10-9(11,12)6-17-4-3-13-5-7-1-2-8(18-7)14(15)16/h1-2,13H,3-6H2. The van der Waals surface area contributed by atoms with Crippen molar-refractivity contribution in [2.24, 2.45) is 0 Å². The normalized spacial score (nSPS) is 11.7. The van der Waals surface area contributed by atoms with Gasteiger partial charge in [-0.2, -0.15) is 13.2 Å². The van der Waals surface area contributed by atoms with E-state index in [1.807, 2.05) is 0 Å². The molecule has 0 unspecified atom stereocenters. The number of nitrogens with zero attached hydrogens (tertiary/aromatic N) is 1. The van der Waals surface area contributed by atoms with Crippen molar-refractivity contribution < 1.29 is 22.8 Å². The quantitative estimate of drug-likeness (QED) is 0.474. The lowest BCUT2D eigenvalue weighted by Crippen LogP contribution is -2.23. The van der Waals surface area contributed by atoms with E-state index in [1.165, 1.54) is 6.07 Å². The maximum Gasteiger partial charge on any atom is 0.411 e. The molecule has 0 saturated heterocycles. The van der Waals surface area contributed by atoms with Gasteiger partial charge in [-0.05, 0) is 6.07 Å². The van der Waals surface area contributed by atoms with Crippen molar-refractivity contribution in [2.45, 2.75) is 12.7 Å². The van der Waals surface area contributed by atoms with Crippen LogP contribution < -0.4 is 5.32 Å². The van der Waals surface area contributed by atoms with Crippen LogP contribution in [0.5, 0.6) is 0 Å². The Kier molecular flexibility index (Phi) is 5.51. The molecule has 1 heterocycles. The van der Waals surface area contributed by atoms with Crippen LogP contribution in [-0.2, 0) is 11.3 Å². The molecule has 1 N–H and O–H groups in total. The molecule has 1 rings (SSSR count). The molecule has 0 aliphatic heterocycles. The third-order valence-electron chi connectivity index (χ3n) is 1.82. The molecule has 1 aromatic heterocycles. The van der Waals surface area contributed by atoms with Gasteiger partial charge in [0.15, 0.2) is 0 Å². The molecule has 0 radical (unpaired) electrons. The summed E-state index contributed by atoms with van der Waals surface area (Å²) >= 11 is 1.03. The Hall–Kier alpha value is -1.19. The van der Waals surface area contributed by atoms with Gasteiger partial charge in [-0.3, -0.25) is 10.1 Å². The van der Waals surface area contributed by atoms with E-state index in [4.69, 9.17) is 0 Å². The van der Waals surface area contributed by atoms with Crippen LogP contribution in [0, 0.1) is 10.1 Å². The van der Waals surface area contributed by atoms with Gasteiger partial charge in [0.2, 0.25) is 0 Å². The van der Waals surface area contributed by atoms with Gasteiger partial charge in [0.25, 0.3) is 0 Å². The first kappa shape index (κ1) is 14.9. The Morgan fingerprint density at radius 3 is 2.72 bits per heavy atom. The Bertz CT molecular complexity index is 395. The Morgan fingerprint density at radius 1 is 1.44 bits per heavy atom. The largest absolute Gasteiger partial charge is 0.411 e. The van der Waals surface area contributed by atoms with Crippen molar-refractivity contribution in [3.8, 4) is 0 Å². The van der Waals surface area contributed by atoms with E-state index in [1.54, 1.807) is 6.07 Å². The summed E-state index contributed by atoms with van der Waals surface area (Å²) in [7, 11) is 0. The summed E-state index contributed by atoms with van der Waals surface area (Å²) < 4.78 is 39.5. The number of rotatable bonds is 7. The number of halogens is 3. The number of hydrogen-bond acceptors (Lipinski definition) is 5.